The fourth-order valence-electron chi connectivity index (χ4n) is 3.14. The van der Waals surface area contributed by atoms with Gasteiger partial charge >= 0.3 is 11.9 Å². The molecule has 6 nitrogen and oxygen atoms in total. The van der Waals surface area contributed by atoms with Crippen molar-refractivity contribution in [2.24, 2.45) is 0 Å². The number of benzene rings is 3. The van der Waals surface area contributed by atoms with Gasteiger partial charge in [0.1, 0.15) is 11.0 Å². The summed E-state index contributed by atoms with van der Waals surface area (Å²) in [5.74, 6) is -0.929. The van der Waals surface area contributed by atoms with E-state index in [0.29, 0.717) is 21.7 Å². The average Bonchev–Trinajstić information content (AvgIpc) is 2.64. The van der Waals surface area contributed by atoms with Gasteiger partial charge in [-0.1, -0.05) is 36.4 Å². The van der Waals surface area contributed by atoms with Crippen molar-refractivity contribution in [1.82, 2.24) is 0 Å². The van der Waals surface area contributed by atoms with Gasteiger partial charge in [-0.2, -0.15) is 0 Å². The van der Waals surface area contributed by atoms with Crippen molar-refractivity contribution in [3.8, 4) is 11.5 Å². The maximum atomic E-state index is 13.2. The summed E-state index contributed by atoms with van der Waals surface area (Å²) in [6.07, 6.45) is 0. The van der Waals surface area contributed by atoms with Gasteiger partial charge in [0, 0.05) is 24.6 Å². The third-order valence-corrected chi connectivity index (χ3v) is 4.14. The molecule has 0 fully saturated rings. The van der Waals surface area contributed by atoms with Crippen LogP contribution >= 0.6 is 0 Å². The van der Waals surface area contributed by atoms with Crippen molar-refractivity contribution in [3.63, 3.8) is 0 Å². The van der Waals surface area contributed by atoms with E-state index in [1.54, 1.807) is 48.5 Å². The Hall–Kier alpha value is -3.67. The molecule has 0 aliphatic rings. The maximum absolute atomic E-state index is 13.2. The summed E-state index contributed by atoms with van der Waals surface area (Å²) in [5.41, 5.74) is 0.0264. The third kappa shape index (κ3) is 2.71. The van der Waals surface area contributed by atoms with Crippen LogP contribution in [0.4, 0.5) is 0 Å². The van der Waals surface area contributed by atoms with E-state index in [-0.39, 0.29) is 27.9 Å². The average molecular weight is 362 g/mol. The molecule has 6 heteroatoms. The molecule has 0 saturated heterocycles. The third-order valence-electron chi connectivity index (χ3n) is 4.14. The van der Waals surface area contributed by atoms with Crippen molar-refractivity contribution in [2.75, 3.05) is 0 Å². The van der Waals surface area contributed by atoms with Crippen LogP contribution in [0.3, 0.4) is 0 Å². The van der Waals surface area contributed by atoms with Crippen LogP contribution in [0, 0.1) is 0 Å². The van der Waals surface area contributed by atoms with Gasteiger partial charge in [-0.05, 0) is 12.1 Å². The lowest BCUT2D eigenvalue weighted by Gasteiger charge is -2.14. The van der Waals surface area contributed by atoms with Crippen LogP contribution in [0.25, 0.3) is 32.7 Å². The molecule has 0 aliphatic heterocycles. The number of hydrogen-bond acceptors (Lipinski definition) is 6. The highest BCUT2D eigenvalue weighted by Crippen LogP contribution is 2.42. The molecular weight excluding hydrogens is 348 g/mol. The maximum Gasteiger partial charge on any atom is 0.308 e. The summed E-state index contributed by atoms with van der Waals surface area (Å²) >= 11 is 0. The van der Waals surface area contributed by atoms with Crippen molar-refractivity contribution in [3.05, 3.63) is 58.8 Å². The quantitative estimate of drug-likeness (QED) is 0.305. The normalized spacial score (nSPS) is 11.0. The van der Waals surface area contributed by atoms with Gasteiger partial charge in [-0.15, -0.1) is 0 Å². The molecule has 0 bridgehead atoms. The molecule has 0 atom stereocenters. The van der Waals surface area contributed by atoms with E-state index >= 15 is 0 Å². The molecule has 134 valence electrons. The number of hydrogen-bond donors (Lipinski definition) is 0. The summed E-state index contributed by atoms with van der Waals surface area (Å²) in [7, 11) is 0. The Kier molecular flexibility index (Phi) is 3.88. The van der Waals surface area contributed by atoms with Crippen LogP contribution in [0.2, 0.25) is 0 Å². The molecule has 0 unspecified atom stereocenters. The second kappa shape index (κ2) is 6.25. The van der Waals surface area contributed by atoms with Crippen molar-refractivity contribution in [1.29, 1.82) is 0 Å². The minimum Gasteiger partial charge on any atom is -0.452 e. The molecule has 3 aromatic carbocycles. The van der Waals surface area contributed by atoms with Crippen molar-refractivity contribution >= 4 is 44.6 Å². The molecular formula is C21H14O6. The van der Waals surface area contributed by atoms with Gasteiger partial charge in [0.05, 0.1) is 5.39 Å². The van der Waals surface area contributed by atoms with Crippen LogP contribution in [0.15, 0.2) is 57.7 Å². The van der Waals surface area contributed by atoms with E-state index in [0.717, 1.165) is 0 Å². The molecule has 0 amide bonds. The van der Waals surface area contributed by atoms with Crippen LogP contribution < -0.4 is 14.9 Å². The first-order valence-corrected chi connectivity index (χ1v) is 8.24. The number of rotatable bonds is 2. The Balaban J connectivity index is 2.31. The molecule has 1 aromatic heterocycles. The lowest BCUT2D eigenvalue weighted by Crippen LogP contribution is -2.11. The predicted octanol–water partition coefficient (Wildman–Crippen LogP) is 3.95. The zero-order chi connectivity index (χ0) is 19.1. The molecule has 0 spiro atoms. The molecule has 1 heterocycles. The first-order valence-electron chi connectivity index (χ1n) is 8.24. The van der Waals surface area contributed by atoms with Gasteiger partial charge in [-0.25, -0.2) is 0 Å². The van der Waals surface area contributed by atoms with Crippen LogP contribution in [0.5, 0.6) is 11.5 Å². The summed E-state index contributed by atoms with van der Waals surface area (Å²) in [6.45, 7) is 2.52. The zero-order valence-electron chi connectivity index (χ0n) is 14.6. The molecule has 0 saturated carbocycles. The van der Waals surface area contributed by atoms with E-state index in [9.17, 15) is 14.4 Å². The van der Waals surface area contributed by atoms with Gasteiger partial charge in [0.25, 0.3) is 0 Å². The lowest BCUT2D eigenvalue weighted by molar-refractivity contribution is -0.132. The van der Waals surface area contributed by atoms with Crippen molar-refractivity contribution < 1.29 is 23.5 Å². The minimum atomic E-state index is -0.575. The Morgan fingerprint density at radius 3 is 1.93 bits per heavy atom. The number of para-hydroxylation sites is 1. The fourth-order valence-corrected chi connectivity index (χ4v) is 3.14. The predicted molar refractivity (Wildman–Crippen MR) is 100 cm³/mol. The van der Waals surface area contributed by atoms with E-state index < -0.39 is 11.9 Å². The van der Waals surface area contributed by atoms with E-state index in [2.05, 4.69) is 0 Å². The Morgan fingerprint density at radius 2 is 1.30 bits per heavy atom. The Morgan fingerprint density at radius 1 is 0.778 bits per heavy atom. The van der Waals surface area contributed by atoms with Crippen molar-refractivity contribution in [2.45, 2.75) is 13.8 Å². The number of fused-ring (bicyclic) bond motifs is 3. The number of carbonyl (C=O) groups is 2. The monoisotopic (exact) mass is 362 g/mol. The first kappa shape index (κ1) is 16.8. The van der Waals surface area contributed by atoms with Gasteiger partial charge in [0.2, 0.25) is 5.43 Å². The molecule has 0 N–H and O–H groups in total. The minimum absolute atomic E-state index is 0.0545. The standard InChI is InChI=1S/C21H14O6/c1-11(22)25-19-13-7-3-4-8-14(13)20(26-12(2)23)21-17(19)18(24)15-9-5-6-10-16(15)27-21/h3-10H,1-2H3. The Labute approximate surface area is 152 Å². The van der Waals surface area contributed by atoms with Gasteiger partial charge in [-0.3, -0.25) is 14.4 Å². The number of esters is 2. The largest absolute Gasteiger partial charge is 0.452 e. The van der Waals surface area contributed by atoms with Gasteiger partial charge < -0.3 is 13.9 Å². The highest BCUT2D eigenvalue weighted by molar-refractivity contribution is 6.12. The summed E-state index contributed by atoms with van der Waals surface area (Å²) in [4.78, 5) is 36.6. The lowest BCUT2D eigenvalue weighted by atomic mass is 10.0. The molecule has 27 heavy (non-hydrogen) atoms. The molecule has 4 aromatic rings. The van der Waals surface area contributed by atoms with E-state index in [1.165, 1.54) is 13.8 Å². The summed E-state index contributed by atoms with van der Waals surface area (Å²) in [6, 6.07) is 13.6. The van der Waals surface area contributed by atoms with Crippen LogP contribution in [-0.2, 0) is 9.59 Å². The zero-order valence-corrected chi connectivity index (χ0v) is 14.6. The van der Waals surface area contributed by atoms with E-state index in [4.69, 9.17) is 13.9 Å². The summed E-state index contributed by atoms with van der Waals surface area (Å²) in [5, 5.41) is 1.36. The van der Waals surface area contributed by atoms with E-state index in [1.807, 2.05) is 0 Å². The molecule has 0 radical (unpaired) electrons. The number of carbonyl (C=O) groups excluding carboxylic acids is 2. The second-order valence-corrected chi connectivity index (χ2v) is 6.02. The topological polar surface area (TPSA) is 82.8 Å². The SMILES string of the molecule is CC(=O)Oc1c2ccccc2c(OC(C)=O)c2c(=O)c3ccccc3oc12. The van der Waals surface area contributed by atoms with Crippen LogP contribution in [0.1, 0.15) is 13.8 Å². The second-order valence-electron chi connectivity index (χ2n) is 6.02. The highest BCUT2D eigenvalue weighted by Gasteiger charge is 2.23. The molecule has 0 aliphatic carbocycles. The smallest absolute Gasteiger partial charge is 0.308 e. The fraction of sp³-hybridized carbons (Fsp3) is 0.0952. The van der Waals surface area contributed by atoms with Gasteiger partial charge in [0.15, 0.2) is 17.1 Å². The first-order chi connectivity index (χ1) is 13.0. The number of ether oxygens (including phenoxy) is 2. The van der Waals surface area contributed by atoms with Crippen LogP contribution in [-0.4, -0.2) is 11.9 Å². The summed E-state index contributed by atoms with van der Waals surface area (Å²) < 4.78 is 16.7. The highest BCUT2D eigenvalue weighted by atomic mass is 16.5. The molecule has 4 rings (SSSR count). The Bertz CT molecular complexity index is 1300.